The summed E-state index contributed by atoms with van der Waals surface area (Å²) in [5.74, 6) is 1.58. The molecule has 3 nitrogen and oxygen atoms in total. The van der Waals surface area contributed by atoms with Gasteiger partial charge in [0.1, 0.15) is 17.6 Å². The Labute approximate surface area is 120 Å². The molecule has 3 heteroatoms. The lowest BCUT2D eigenvalue weighted by Crippen LogP contribution is -2.19. The Kier molecular flexibility index (Phi) is 5.02. The summed E-state index contributed by atoms with van der Waals surface area (Å²) in [6, 6.07) is 15.8. The molecule has 0 fully saturated rings. The Hall–Kier alpha value is -2.00. The molecule has 0 saturated carbocycles. The molecule has 0 bridgehead atoms. The number of aryl methyl sites for hydroxylation is 1. The van der Waals surface area contributed by atoms with Gasteiger partial charge in [-0.15, -0.1) is 0 Å². The fourth-order valence-corrected chi connectivity index (χ4v) is 2.15. The van der Waals surface area contributed by atoms with Crippen LogP contribution in [0.15, 0.2) is 48.5 Å². The van der Waals surface area contributed by atoms with E-state index in [1.807, 2.05) is 43.3 Å². The molecule has 1 atom stereocenters. The first-order chi connectivity index (χ1) is 9.74. The van der Waals surface area contributed by atoms with Gasteiger partial charge in [0.05, 0.1) is 6.61 Å². The first-order valence-electron chi connectivity index (χ1n) is 6.89. The average Bonchev–Trinajstić information content (AvgIpc) is 2.46. The smallest absolute Gasteiger partial charge is 0.136 e. The zero-order valence-electron chi connectivity index (χ0n) is 12.0. The summed E-state index contributed by atoms with van der Waals surface area (Å²) in [4.78, 5) is 0. The second kappa shape index (κ2) is 6.96. The zero-order valence-corrected chi connectivity index (χ0v) is 12.0. The van der Waals surface area contributed by atoms with E-state index in [1.165, 1.54) is 5.56 Å². The number of hydrogen-bond acceptors (Lipinski definition) is 3. The zero-order chi connectivity index (χ0) is 14.4. The van der Waals surface area contributed by atoms with Gasteiger partial charge in [-0.05, 0) is 37.1 Å². The van der Waals surface area contributed by atoms with E-state index >= 15 is 0 Å². The van der Waals surface area contributed by atoms with Crippen molar-refractivity contribution < 1.29 is 9.47 Å². The molecule has 0 aliphatic carbocycles. The maximum Gasteiger partial charge on any atom is 0.136 e. The summed E-state index contributed by atoms with van der Waals surface area (Å²) in [7, 11) is 0. The van der Waals surface area contributed by atoms with Crippen molar-refractivity contribution in [3.05, 3.63) is 59.7 Å². The van der Waals surface area contributed by atoms with Gasteiger partial charge in [-0.3, -0.25) is 0 Å². The predicted molar refractivity (Wildman–Crippen MR) is 81.2 cm³/mol. The van der Waals surface area contributed by atoms with Crippen LogP contribution in [0.25, 0.3) is 0 Å². The lowest BCUT2D eigenvalue weighted by atomic mass is 10.0. The van der Waals surface area contributed by atoms with Gasteiger partial charge in [-0.2, -0.15) is 0 Å². The molecule has 2 aromatic carbocycles. The van der Waals surface area contributed by atoms with Crippen molar-refractivity contribution in [1.29, 1.82) is 0 Å². The minimum atomic E-state index is -0.145. The highest BCUT2D eigenvalue weighted by atomic mass is 16.5. The Morgan fingerprint density at radius 3 is 2.50 bits per heavy atom. The molecule has 0 aliphatic rings. The van der Waals surface area contributed by atoms with Crippen LogP contribution in [0.3, 0.4) is 0 Å². The largest absolute Gasteiger partial charge is 0.494 e. The third kappa shape index (κ3) is 3.52. The first-order valence-corrected chi connectivity index (χ1v) is 6.89. The van der Waals surface area contributed by atoms with Gasteiger partial charge >= 0.3 is 0 Å². The minimum absolute atomic E-state index is 0.145. The Morgan fingerprint density at radius 2 is 1.80 bits per heavy atom. The molecule has 106 valence electrons. The Morgan fingerprint density at radius 1 is 1.05 bits per heavy atom. The van der Waals surface area contributed by atoms with E-state index in [2.05, 4.69) is 19.1 Å². The summed E-state index contributed by atoms with van der Waals surface area (Å²) in [6.45, 7) is 5.10. The third-order valence-electron chi connectivity index (χ3n) is 3.14. The second-order valence-electron chi connectivity index (χ2n) is 4.61. The lowest BCUT2D eigenvalue weighted by Gasteiger charge is -2.20. The summed E-state index contributed by atoms with van der Waals surface area (Å²) in [5.41, 5.74) is 8.17. The molecular formula is C17H21NO2. The van der Waals surface area contributed by atoms with Crippen LogP contribution < -0.4 is 15.2 Å². The molecule has 0 heterocycles. The van der Waals surface area contributed by atoms with E-state index in [4.69, 9.17) is 15.2 Å². The van der Waals surface area contributed by atoms with E-state index in [0.29, 0.717) is 13.2 Å². The van der Waals surface area contributed by atoms with Crippen LogP contribution in [0.4, 0.5) is 0 Å². The van der Waals surface area contributed by atoms with Crippen LogP contribution in [-0.2, 0) is 0 Å². The van der Waals surface area contributed by atoms with Crippen molar-refractivity contribution in [1.82, 2.24) is 0 Å². The van der Waals surface area contributed by atoms with Crippen LogP contribution in [0.2, 0.25) is 0 Å². The molecule has 0 saturated heterocycles. The topological polar surface area (TPSA) is 44.5 Å². The fourth-order valence-electron chi connectivity index (χ4n) is 2.15. The number of benzene rings is 2. The van der Waals surface area contributed by atoms with Gasteiger partial charge in [0, 0.05) is 12.6 Å². The van der Waals surface area contributed by atoms with Gasteiger partial charge in [0.15, 0.2) is 0 Å². The van der Waals surface area contributed by atoms with Crippen molar-refractivity contribution in [3.8, 4) is 11.5 Å². The van der Waals surface area contributed by atoms with Gasteiger partial charge < -0.3 is 15.2 Å². The molecule has 2 N–H and O–H groups in total. The van der Waals surface area contributed by atoms with E-state index in [-0.39, 0.29) is 6.10 Å². The van der Waals surface area contributed by atoms with Crippen molar-refractivity contribution in [2.24, 2.45) is 5.73 Å². The summed E-state index contributed by atoms with van der Waals surface area (Å²) < 4.78 is 11.5. The average molecular weight is 271 g/mol. The molecule has 20 heavy (non-hydrogen) atoms. The quantitative estimate of drug-likeness (QED) is 0.875. The van der Waals surface area contributed by atoms with Crippen molar-refractivity contribution in [2.45, 2.75) is 20.0 Å². The monoisotopic (exact) mass is 271 g/mol. The summed E-state index contributed by atoms with van der Waals surface area (Å²) in [5, 5.41) is 0. The van der Waals surface area contributed by atoms with Crippen LogP contribution >= 0.6 is 0 Å². The molecule has 2 aromatic rings. The highest BCUT2D eigenvalue weighted by Gasteiger charge is 2.13. The van der Waals surface area contributed by atoms with Gasteiger partial charge in [0.25, 0.3) is 0 Å². The van der Waals surface area contributed by atoms with Gasteiger partial charge in [-0.1, -0.05) is 30.3 Å². The lowest BCUT2D eigenvalue weighted by molar-refractivity contribution is 0.212. The standard InChI is InChI=1S/C17H21NO2/c1-3-19-14-8-6-9-15(11-14)20-17(12-18)16-10-5-4-7-13(16)2/h4-11,17H,3,12,18H2,1-2H3. The molecule has 0 amide bonds. The normalized spacial score (nSPS) is 11.9. The van der Waals surface area contributed by atoms with E-state index in [1.54, 1.807) is 0 Å². The van der Waals surface area contributed by atoms with Crippen LogP contribution in [0, 0.1) is 6.92 Å². The highest BCUT2D eigenvalue weighted by molar-refractivity contribution is 5.35. The Bertz CT molecular complexity index is 554. The van der Waals surface area contributed by atoms with Crippen LogP contribution in [-0.4, -0.2) is 13.2 Å². The number of rotatable bonds is 6. The third-order valence-corrected chi connectivity index (χ3v) is 3.14. The molecular weight excluding hydrogens is 250 g/mol. The van der Waals surface area contributed by atoms with E-state index in [9.17, 15) is 0 Å². The number of hydrogen-bond donors (Lipinski definition) is 1. The number of ether oxygens (including phenoxy) is 2. The fraction of sp³-hybridized carbons (Fsp3) is 0.294. The molecule has 1 unspecified atom stereocenters. The summed E-state index contributed by atoms with van der Waals surface area (Å²) in [6.07, 6.45) is -0.145. The van der Waals surface area contributed by atoms with Crippen LogP contribution in [0.5, 0.6) is 11.5 Å². The van der Waals surface area contributed by atoms with E-state index in [0.717, 1.165) is 17.1 Å². The first kappa shape index (κ1) is 14.4. The molecule has 0 aromatic heterocycles. The van der Waals surface area contributed by atoms with Crippen molar-refractivity contribution >= 4 is 0 Å². The maximum atomic E-state index is 6.01. The van der Waals surface area contributed by atoms with E-state index < -0.39 is 0 Å². The number of nitrogens with two attached hydrogens (primary N) is 1. The van der Waals surface area contributed by atoms with Crippen molar-refractivity contribution in [3.63, 3.8) is 0 Å². The highest BCUT2D eigenvalue weighted by Crippen LogP contribution is 2.26. The molecule has 0 aliphatic heterocycles. The minimum Gasteiger partial charge on any atom is -0.494 e. The predicted octanol–water partition coefficient (Wildman–Crippen LogP) is 3.47. The van der Waals surface area contributed by atoms with Crippen LogP contribution in [0.1, 0.15) is 24.2 Å². The van der Waals surface area contributed by atoms with Gasteiger partial charge in [-0.25, -0.2) is 0 Å². The van der Waals surface area contributed by atoms with Gasteiger partial charge in [0.2, 0.25) is 0 Å². The van der Waals surface area contributed by atoms with Crippen molar-refractivity contribution in [2.75, 3.05) is 13.2 Å². The molecule has 0 radical (unpaired) electrons. The molecule has 2 rings (SSSR count). The maximum absolute atomic E-state index is 6.01. The second-order valence-corrected chi connectivity index (χ2v) is 4.61. The Balaban J connectivity index is 2.18. The molecule has 0 spiro atoms. The SMILES string of the molecule is CCOc1cccc(OC(CN)c2ccccc2C)c1. The summed E-state index contributed by atoms with van der Waals surface area (Å²) >= 11 is 0.